The van der Waals surface area contributed by atoms with E-state index in [9.17, 15) is 23.9 Å². The Kier molecular flexibility index (Phi) is 6.38. The van der Waals surface area contributed by atoms with Crippen LogP contribution in [0.3, 0.4) is 0 Å². The van der Waals surface area contributed by atoms with Gasteiger partial charge in [0, 0.05) is 5.56 Å². The normalized spacial score (nSPS) is 17.1. The summed E-state index contributed by atoms with van der Waals surface area (Å²) in [5, 5.41) is 11.1. The number of aryl methyl sites for hydroxylation is 1. The van der Waals surface area contributed by atoms with E-state index in [0.29, 0.717) is 11.3 Å². The first kappa shape index (κ1) is 23.1. The molecule has 2 heterocycles. The third-order valence-corrected chi connectivity index (χ3v) is 6.32. The first-order chi connectivity index (χ1) is 16.3. The quantitative estimate of drug-likeness (QED) is 0.183. The van der Waals surface area contributed by atoms with Gasteiger partial charge in [0.2, 0.25) is 0 Å². The molecule has 1 aliphatic heterocycles. The van der Waals surface area contributed by atoms with Crippen LogP contribution in [0.5, 0.6) is 0 Å². The number of esters is 1. The number of Topliss-reactive ketones (excluding diaryl/α,β-unsaturated/α-hetero) is 1. The number of carbonyl (C=O) groups excluding carboxylic acids is 3. The van der Waals surface area contributed by atoms with Crippen molar-refractivity contribution < 1.29 is 28.6 Å². The number of thiazole rings is 1. The van der Waals surface area contributed by atoms with Gasteiger partial charge in [-0.25, -0.2) is 14.2 Å². The van der Waals surface area contributed by atoms with Crippen molar-refractivity contribution in [1.82, 2.24) is 4.98 Å². The van der Waals surface area contributed by atoms with E-state index in [0.717, 1.165) is 28.4 Å². The second-order valence-electron chi connectivity index (χ2n) is 7.38. The number of amides is 1. The van der Waals surface area contributed by atoms with Crippen molar-refractivity contribution in [3.05, 3.63) is 100 Å². The van der Waals surface area contributed by atoms with Gasteiger partial charge >= 0.3 is 11.9 Å². The predicted octanol–water partition coefficient (Wildman–Crippen LogP) is 4.56. The van der Waals surface area contributed by atoms with Gasteiger partial charge in [-0.05, 0) is 36.8 Å². The van der Waals surface area contributed by atoms with Gasteiger partial charge < -0.3 is 9.84 Å². The van der Waals surface area contributed by atoms with E-state index in [-0.39, 0.29) is 27.8 Å². The summed E-state index contributed by atoms with van der Waals surface area (Å²) in [5.41, 5.74) is 0.908. The van der Waals surface area contributed by atoms with Crippen LogP contribution in [0.2, 0.25) is 0 Å². The molecule has 3 aromatic rings. The van der Waals surface area contributed by atoms with E-state index < -0.39 is 35.3 Å². The third-order valence-electron chi connectivity index (χ3n) is 5.19. The maximum Gasteiger partial charge on any atom is 0.350 e. The lowest BCUT2D eigenvalue weighted by atomic mass is 9.95. The van der Waals surface area contributed by atoms with Gasteiger partial charge in [0.15, 0.2) is 5.13 Å². The molecule has 1 fully saturated rings. The number of nitrogens with zero attached hydrogens (tertiary/aromatic N) is 2. The van der Waals surface area contributed by atoms with E-state index in [1.54, 1.807) is 37.3 Å². The highest BCUT2D eigenvalue weighted by atomic mass is 32.1. The van der Waals surface area contributed by atoms with Gasteiger partial charge in [0.05, 0.1) is 17.3 Å². The van der Waals surface area contributed by atoms with Gasteiger partial charge in [-0.3, -0.25) is 14.5 Å². The molecule has 0 bridgehead atoms. The fraction of sp³-hybridized carbons (Fsp3) is 0.120. The monoisotopic (exact) mass is 478 g/mol. The zero-order chi connectivity index (χ0) is 24.4. The number of rotatable bonds is 6. The predicted molar refractivity (Wildman–Crippen MR) is 125 cm³/mol. The second kappa shape index (κ2) is 9.40. The van der Waals surface area contributed by atoms with Crippen LogP contribution in [0, 0.1) is 12.7 Å². The molecule has 1 N–H and O–H groups in total. The van der Waals surface area contributed by atoms with Crippen LogP contribution < -0.4 is 4.90 Å². The molecule has 1 unspecified atom stereocenters. The summed E-state index contributed by atoms with van der Waals surface area (Å²) in [6.07, 6.45) is 1.43. The number of benzene rings is 2. The van der Waals surface area contributed by atoms with E-state index in [2.05, 4.69) is 11.6 Å². The molecule has 0 saturated carbocycles. The maximum atomic E-state index is 13.4. The first-order valence-corrected chi connectivity index (χ1v) is 11.0. The Bertz CT molecular complexity index is 1310. The fourth-order valence-corrected chi connectivity index (χ4v) is 4.61. The molecule has 1 aliphatic rings. The summed E-state index contributed by atoms with van der Waals surface area (Å²) in [7, 11) is 0. The first-order valence-electron chi connectivity index (χ1n) is 10.2. The molecule has 1 atom stereocenters. The van der Waals surface area contributed by atoms with Crippen molar-refractivity contribution >= 4 is 39.9 Å². The van der Waals surface area contributed by atoms with Crippen molar-refractivity contribution in [3.63, 3.8) is 0 Å². The highest BCUT2D eigenvalue weighted by molar-refractivity contribution is 7.17. The SMILES string of the molecule is C=CCOC(=O)c1sc(N2C(=O)C(=O)/C(=C(/O)c3ccc(F)cc3)C2c2ccccc2)nc1C. The van der Waals surface area contributed by atoms with Crippen molar-refractivity contribution in [1.29, 1.82) is 0 Å². The van der Waals surface area contributed by atoms with Gasteiger partial charge in [-0.1, -0.05) is 54.3 Å². The summed E-state index contributed by atoms with van der Waals surface area (Å²) in [6, 6.07) is 12.6. The Morgan fingerprint density at radius 2 is 1.88 bits per heavy atom. The number of aliphatic hydroxyl groups excluding tert-OH is 1. The standard InChI is InChI=1S/C25H19FN2O5S/c1-3-13-33-24(32)22-14(2)27-25(34-22)28-19(15-7-5-4-6-8-15)18(21(30)23(28)31)20(29)16-9-11-17(26)12-10-16/h3-12,19,29H,1,13H2,2H3/b20-18+. The molecule has 1 aromatic heterocycles. The van der Waals surface area contributed by atoms with E-state index in [1.807, 2.05) is 0 Å². The molecule has 1 amide bonds. The zero-order valence-electron chi connectivity index (χ0n) is 18.0. The Morgan fingerprint density at radius 3 is 2.53 bits per heavy atom. The molecule has 2 aromatic carbocycles. The van der Waals surface area contributed by atoms with Crippen molar-refractivity contribution in [3.8, 4) is 0 Å². The molecule has 0 spiro atoms. The van der Waals surface area contributed by atoms with Gasteiger partial charge in [0.25, 0.3) is 5.78 Å². The van der Waals surface area contributed by atoms with Crippen molar-refractivity contribution in [2.24, 2.45) is 0 Å². The summed E-state index contributed by atoms with van der Waals surface area (Å²) >= 11 is 0.910. The minimum atomic E-state index is -1.01. The van der Waals surface area contributed by atoms with Crippen molar-refractivity contribution in [2.75, 3.05) is 11.5 Å². The van der Waals surface area contributed by atoms with E-state index in [4.69, 9.17) is 4.74 Å². The van der Waals surface area contributed by atoms with Gasteiger partial charge in [0.1, 0.15) is 23.1 Å². The number of hydrogen-bond donors (Lipinski definition) is 1. The molecule has 0 radical (unpaired) electrons. The summed E-state index contributed by atoms with van der Waals surface area (Å²) in [5.74, 6) is -3.39. The van der Waals surface area contributed by atoms with E-state index in [1.165, 1.54) is 18.2 Å². The van der Waals surface area contributed by atoms with Crippen LogP contribution >= 0.6 is 11.3 Å². The molecule has 1 saturated heterocycles. The largest absolute Gasteiger partial charge is 0.507 e. The highest BCUT2D eigenvalue weighted by Gasteiger charge is 2.48. The number of halogens is 1. The minimum absolute atomic E-state index is 0.0116. The molecule has 4 rings (SSSR count). The molecule has 172 valence electrons. The van der Waals surface area contributed by atoms with Gasteiger partial charge in [-0.15, -0.1) is 0 Å². The average Bonchev–Trinajstić information content (AvgIpc) is 3.35. The average molecular weight is 479 g/mol. The van der Waals surface area contributed by atoms with Crippen LogP contribution in [0.15, 0.2) is 72.8 Å². The van der Waals surface area contributed by atoms with Crippen LogP contribution in [0.4, 0.5) is 9.52 Å². The summed E-state index contributed by atoms with van der Waals surface area (Å²) < 4.78 is 18.5. The van der Waals surface area contributed by atoms with Crippen LogP contribution in [0.1, 0.15) is 32.5 Å². The summed E-state index contributed by atoms with van der Waals surface area (Å²) in [6.45, 7) is 5.11. The lowest BCUT2D eigenvalue weighted by molar-refractivity contribution is -0.132. The molecule has 9 heteroatoms. The molecule has 0 aliphatic carbocycles. The lowest BCUT2D eigenvalue weighted by Crippen LogP contribution is -2.29. The Labute approximate surface area is 198 Å². The smallest absolute Gasteiger partial charge is 0.350 e. The number of ether oxygens (including phenoxy) is 1. The fourth-order valence-electron chi connectivity index (χ4n) is 3.62. The molecule has 34 heavy (non-hydrogen) atoms. The highest BCUT2D eigenvalue weighted by Crippen LogP contribution is 2.43. The van der Waals surface area contributed by atoms with E-state index >= 15 is 0 Å². The Hall–Kier alpha value is -4.11. The van der Waals surface area contributed by atoms with Crippen LogP contribution in [-0.4, -0.2) is 34.4 Å². The van der Waals surface area contributed by atoms with Crippen molar-refractivity contribution in [2.45, 2.75) is 13.0 Å². The number of ketones is 1. The molecular weight excluding hydrogens is 459 g/mol. The third kappa shape index (κ3) is 4.13. The number of carbonyl (C=O) groups is 3. The number of anilines is 1. The maximum absolute atomic E-state index is 13.4. The van der Waals surface area contributed by atoms with Crippen LogP contribution in [0.25, 0.3) is 5.76 Å². The minimum Gasteiger partial charge on any atom is -0.507 e. The Balaban J connectivity index is 1.86. The lowest BCUT2D eigenvalue weighted by Gasteiger charge is -2.22. The summed E-state index contributed by atoms with van der Waals surface area (Å²) in [4.78, 5) is 44.4. The molecule has 7 nitrogen and oxygen atoms in total. The molecular formula is C25H19FN2O5S. The van der Waals surface area contributed by atoms with Crippen LogP contribution in [-0.2, 0) is 14.3 Å². The Morgan fingerprint density at radius 1 is 1.21 bits per heavy atom. The topological polar surface area (TPSA) is 96.8 Å². The number of aromatic nitrogens is 1. The zero-order valence-corrected chi connectivity index (χ0v) is 18.8. The number of hydrogen-bond acceptors (Lipinski definition) is 7. The second-order valence-corrected chi connectivity index (χ2v) is 8.36. The van der Waals surface area contributed by atoms with Gasteiger partial charge in [-0.2, -0.15) is 0 Å². The number of aliphatic hydroxyl groups is 1.